The molecule has 0 radical (unpaired) electrons. The molecule has 2 N–H and O–H groups in total. The van der Waals surface area contributed by atoms with Gasteiger partial charge in [-0.05, 0) is 24.5 Å². The number of amides is 1. The summed E-state index contributed by atoms with van der Waals surface area (Å²) in [5, 5.41) is 10.9. The van der Waals surface area contributed by atoms with Crippen LogP contribution in [0.25, 0.3) is 0 Å². The first-order valence-electron chi connectivity index (χ1n) is 5.69. The van der Waals surface area contributed by atoms with Crippen LogP contribution in [0.1, 0.15) is 30.6 Å². The molecule has 0 unspecified atom stereocenters. The molecule has 18 heavy (non-hydrogen) atoms. The van der Waals surface area contributed by atoms with Crippen molar-refractivity contribution in [1.82, 2.24) is 0 Å². The molecular weight excluding hydrogens is 254 g/mol. The molecule has 1 aromatic carbocycles. The minimum atomic E-state index is -1.08. The van der Waals surface area contributed by atoms with E-state index >= 15 is 0 Å². The SMILES string of the molecule is CC(C)C[C@H](Cl)C(=O)Nc1ccccc1C(=O)O. The van der Waals surface area contributed by atoms with Crippen LogP contribution in [0.3, 0.4) is 0 Å². The number of rotatable bonds is 5. The summed E-state index contributed by atoms with van der Waals surface area (Å²) in [5.41, 5.74) is 0.323. The average molecular weight is 270 g/mol. The Hall–Kier alpha value is -1.55. The molecule has 1 atom stereocenters. The summed E-state index contributed by atoms with van der Waals surface area (Å²) in [5.74, 6) is -1.16. The van der Waals surface area contributed by atoms with Crippen LogP contribution in [0, 0.1) is 5.92 Å². The molecule has 0 saturated carbocycles. The van der Waals surface area contributed by atoms with Crippen LogP contribution in [-0.4, -0.2) is 22.4 Å². The maximum atomic E-state index is 11.8. The molecule has 0 heterocycles. The molecule has 1 rings (SSSR count). The summed E-state index contributed by atoms with van der Waals surface area (Å²) >= 11 is 5.95. The zero-order valence-corrected chi connectivity index (χ0v) is 11.1. The van der Waals surface area contributed by atoms with Crippen molar-refractivity contribution in [3.05, 3.63) is 29.8 Å². The van der Waals surface area contributed by atoms with E-state index in [0.717, 1.165) is 0 Å². The number of para-hydroxylation sites is 1. The highest BCUT2D eigenvalue weighted by Crippen LogP contribution is 2.18. The van der Waals surface area contributed by atoms with Crippen molar-refractivity contribution in [2.45, 2.75) is 25.6 Å². The number of carboxylic acids is 1. The Kier molecular flexibility index (Phi) is 5.16. The van der Waals surface area contributed by atoms with E-state index in [1.54, 1.807) is 18.2 Å². The molecule has 0 aliphatic heterocycles. The van der Waals surface area contributed by atoms with E-state index in [-0.39, 0.29) is 17.2 Å². The molecule has 5 heteroatoms. The molecule has 0 saturated heterocycles. The third-order valence-electron chi connectivity index (χ3n) is 2.38. The van der Waals surface area contributed by atoms with E-state index in [4.69, 9.17) is 16.7 Å². The number of aromatic carboxylic acids is 1. The lowest BCUT2D eigenvalue weighted by Gasteiger charge is -2.13. The third kappa shape index (κ3) is 4.04. The van der Waals surface area contributed by atoms with E-state index in [1.165, 1.54) is 6.07 Å². The molecular formula is C13H16ClNO3. The maximum Gasteiger partial charge on any atom is 0.337 e. The van der Waals surface area contributed by atoms with Crippen molar-refractivity contribution in [1.29, 1.82) is 0 Å². The fourth-order valence-electron chi connectivity index (χ4n) is 1.51. The Morgan fingerprint density at radius 3 is 2.50 bits per heavy atom. The second-order valence-corrected chi connectivity index (χ2v) is 4.96. The normalized spacial score (nSPS) is 12.2. The van der Waals surface area contributed by atoms with Gasteiger partial charge >= 0.3 is 5.97 Å². The van der Waals surface area contributed by atoms with Crippen LogP contribution in [0.15, 0.2) is 24.3 Å². The minimum Gasteiger partial charge on any atom is -0.478 e. The summed E-state index contributed by atoms with van der Waals surface area (Å²) in [7, 11) is 0. The van der Waals surface area contributed by atoms with Gasteiger partial charge in [0, 0.05) is 0 Å². The molecule has 4 nitrogen and oxygen atoms in total. The zero-order valence-electron chi connectivity index (χ0n) is 10.3. The molecule has 98 valence electrons. The highest BCUT2D eigenvalue weighted by Gasteiger charge is 2.19. The lowest BCUT2D eigenvalue weighted by Crippen LogP contribution is -2.25. The van der Waals surface area contributed by atoms with Gasteiger partial charge in [-0.1, -0.05) is 26.0 Å². The van der Waals surface area contributed by atoms with Gasteiger partial charge in [-0.25, -0.2) is 4.79 Å². The first-order valence-corrected chi connectivity index (χ1v) is 6.12. The standard InChI is InChI=1S/C13H16ClNO3/c1-8(2)7-10(14)12(16)15-11-6-4-3-5-9(11)13(17)18/h3-6,8,10H,7H2,1-2H3,(H,15,16)(H,17,18)/t10-/m0/s1. The minimum absolute atomic E-state index is 0.0549. The second kappa shape index (κ2) is 6.40. The van der Waals surface area contributed by atoms with Gasteiger partial charge < -0.3 is 10.4 Å². The Morgan fingerprint density at radius 2 is 1.94 bits per heavy atom. The van der Waals surface area contributed by atoms with Gasteiger partial charge in [0.25, 0.3) is 0 Å². The number of alkyl halides is 1. The van der Waals surface area contributed by atoms with Gasteiger partial charge in [0.2, 0.25) is 5.91 Å². The Bertz CT molecular complexity index is 446. The van der Waals surface area contributed by atoms with Crippen molar-refractivity contribution < 1.29 is 14.7 Å². The van der Waals surface area contributed by atoms with Crippen molar-refractivity contribution in [2.75, 3.05) is 5.32 Å². The first kappa shape index (κ1) is 14.5. The van der Waals surface area contributed by atoms with Crippen molar-refractivity contribution in [2.24, 2.45) is 5.92 Å². The van der Waals surface area contributed by atoms with E-state index < -0.39 is 11.3 Å². The predicted octanol–water partition coefficient (Wildman–Crippen LogP) is 2.98. The molecule has 1 amide bonds. The van der Waals surface area contributed by atoms with Gasteiger partial charge in [-0.3, -0.25) is 4.79 Å². The Labute approximate surface area is 111 Å². The Balaban J connectivity index is 2.79. The third-order valence-corrected chi connectivity index (χ3v) is 2.75. The zero-order chi connectivity index (χ0) is 13.7. The van der Waals surface area contributed by atoms with Crippen LogP contribution in [0.4, 0.5) is 5.69 Å². The predicted molar refractivity (Wildman–Crippen MR) is 71.1 cm³/mol. The lowest BCUT2D eigenvalue weighted by molar-refractivity contribution is -0.116. The number of benzene rings is 1. The maximum absolute atomic E-state index is 11.8. The molecule has 1 aromatic rings. The van der Waals surface area contributed by atoms with E-state index in [9.17, 15) is 9.59 Å². The molecule has 0 spiro atoms. The van der Waals surface area contributed by atoms with Gasteiger partial charge in [0.1, 0.15) is 5.38 Å². The summed E-state index contributed by atoms with van der Waals surface area (Å²) in [4.78, 5) is 22.8. The van der Waals surface area contributed by atoms with E-state index in [1.807, 2.05) is 13.8 Å². The fourth-order valence-corrected chi connectivity index (χ4v) is 1.92. The molecule has 0 bridgehead atoms. The van der Waals surface area contributed by atoms with Crippen molar-refractivity contribution in [3.63, 3.8) is 0 Å². The molecule has 0 aromatic heterocycles. The van der Waals surface area contributed by atoms with Gasteiger partial charge in [0.05, 0.1) is 11.3 Å². The first-order chi connectivity index (χ1) is 8.41. The average Bonchev–Trinajstić information content (AvgIpc) is 2.28. The lowest BCUT2D eigenvalue weighted by atomic mass is 10.1. The highest BCUT2D eigenvalue weighted by molar-refractivity contribution is 6.32. The van der Waals surface area contributed by atoms with Crippen LogP contribution in [0.5, 0.6) is 0 Å². The summed E-state index contributed by atoms with van der Waals surface area (Å²) in [6.07, 6.45) is 0.544. The van der Waals surface area contributed by atoms with E-state index in [2.05, 4.69) is 5.32 Å². The van der Waals surface area contributed by atoms with E-state index in [0.29, 0.717) is 12.3 Å². The van der Waals surface area contributed by atoms with Crippen molar-refractivity contribution >= 4 is 29.2 Å². The highest BCUT2D eigenvalue weighted by atomic mass is 35.5. The van der Waals surface area contributed by atoms with Crippen LogP contribution >= 0.6 is 11.6 Å². The largest absolute Gasteiger partial charge is 0.478 e. The van der Waals surface area contributed by atoms with Crippen LogP contribution in [-0.2, 0) is 4.79 Å². The fraction of sp³-hybridized carbons (Fsp3) is 0.385. The number of carbonyl (C=O) groups excluding carboxylic acids is 1. The summed E-state index contributed by atoms with van der Waals surface area (Å²) < 4.78 is 0. The quantitative estimate of drug-likeness (QED) is 0.808. The molecule has 0 fully saturated rings. The monoisotopic (exact) mass is 269 g/mol. The van der Waals surface area contributed by atoms with Gasteiger partial charge in [-0.2, -0.15) is 0 Å². The number of hydrogen-bond acceptors (Lipinski definition) is 2. The number of nitrogens with one attached hydrogen (secondary N) is 1. The number of hydrogen-bond donors (Lipinski definition) is 2. The summed E-state index contributed by atoms with van der Waals surface area (Å²) in [6, 6.07) is 6.24. The smallest absolute Gasteiger partial charge is 0.337 e. The van der Waals surface area contributed by atoms with Gasteiger partial charge in [-0.15, -0.1) is 11.6 Å². The molecule has 0 aliphatic carbocycles. The van der Waals surface area contributed by atoms with Crippen molar-refractivity contribution in [3.8, 4) is 0 Å². The number of carboxylic acid groups (broad SMARTS) is 1. The Morgan fingerprint density at radius 1 is 1.33 bits per heavy atom. The number of carbonyl (C=O) groups is 2. The number of anilines is 1. The van der Waals surface area contributed by atoms with Gasteiger partial charge in [0.15, 0.2) is 0 Å². The van der Waals surface area contributed by atoms with Crippen LogP contribution in [0.2, 0.25) is 0 Å². The second-order valence-electron chi connectivity index (χ2n) is 4.44. The van der Waals surface area contributed by atoms with Crippen LogP contribution < -0.4 is 5.32 Å². The number of halogens is 1. The molecule has 0 aliphatic rings. The summed E-state index contributed by atoms with van der Waals surface area (Å²) in [6.45, 7) is 3.93. The topological polar surface area (TPSA) is 66.4 Å².